The Bertz CT molecular complexity index is 949. The number of hydrogen-bond acceptors (Lipinski definition) is 4. The molecule has 2 aromatic carbocycles. The van der Waals surface area contributed by atoms with E-state index < -0.39 is 5.97 Å². The first kappa shape index (κ1) is 25.9. The molecule has 0 N–H and O–H groups in total. The van der Waals surface area contributed by atoms with Crippen LogP contribution in [0.5, 0.6) is 5.75 Å². The van der Waals surface area contributed by atoms with Gasteiger partial charge in [-0.15, -0.1) is 0 Å². The molecule has 2 rings (SSSR count). The van der Waals surface area contributed by atoms with E-state index in [4.69, 9.17) is 21.1 Å². The first-order valence-electron chi connectivity index (χ1n) is 11.4. The molecule has 0 bridgehead atoms. The highest BCUT2D eigenvalue weighted by Gasteiger charge is 2.26. The number of esters is 2. The quantitative estimate of drug-likeness (QED) is 0.288. The Morgan fingerprint density at radius 3 is 2.16 bits per heavy atom. The number of carbonyl (C=O) groups is 2. The maximum atomic E-state index is 13.0. The van der Waals surface area contributed by atoms with E-state index in [0.29, 0.717) is 35.3 Å². The highest BCUT2D eigenvalue weighted by atomic mass is 35.5. The van der Waals surface area contributed by atoms with Crippen molar-refractivity contribution < 1.29 is 19.1 Å². The van der Waals surface area contributed by atoms with Gasteiger partial charge in [0.05, 0.1) is 18.1 Å². The van der Waals surface area contributed by atoms with Crippen molar-refractivity contribution in [2.24, 2.45) is 5.92 Å². The fourth-order valence-corrected chi connectivity index (χ4v) is 3.94. The molecule has 2 unspecified atom stereocenters. The average molecular weight is 459 g/mol. The van der Waals surface area contributed by atoms with E-state index in [1.54, 1.807) is 24.3 Å². The van der Waals surface area contributed by atoms with E-state index in [2.05, 4.69) is 46.8 Å². The van der Waals surface area contributed by atoms with Crippen LogP contribution in [0.3, 0.4) is 0 Å². The molecular weight excluding hydrogens is 424 g/mol. The topological polar surface area (TPSA) is 52.6 Å². The highest BCUT2D eigenvalue weighted by molar-refractivity contribution is 6.30. The van der Waals surface area contributed by atoms with Crippen LogP contribution >= 0.6 is 11.6 Å². The maximum absolute atomic E-state index is 13.0. The van der Waals surface area contributed by atoms with Crippen LogP contribution in [0.4, 0.5) is 0 Å². The number of hydrogen-bond donors (Lipinski definition) is 0. The maximum Gasteiger partial charge on any atom is 0.343 e. The second kappa shape index (κ2) is 11.5. The molecule has 0 fully saturated rings. The lowest BCUT2D eigenvalue weighted by Crippen LogP contribution is -2.18. The summed E-state index contributed by atoms with van der Waals surface area (Å²) in [6, 6.07) is 11.0. The third-order valence-corrected chi connectivity index (χ3v) is 5.87. The molecule has 4 nitrogen and oxygen atoms in total. The van der Waals surface area contributed by atoms with Crippen molar-refractivity contribution in [2.75, 3.05) is 6.61 Å². The van der Waals surface area contributed by atoms with Gasteiger partial charge in [-0.3, -0.25) is 4.79 Å². The van der Waals surface area contributed by atoms with Crippen molar-refractivity contribution in [3.05, 3.63) is 63.7 Å². The molecule has 5 heteroatoms. The minimum Gasteiger partial charge on any atom is -0.466 e. The first-order chi connectivity index (χ1) is 15.0. The minimum atomic E-state index is -0.446. The number of ether oxygens (including phenoxy) is 2. The third-order valence-electron chi connectivity index (χ3n) is 5.64. The van der Waals surface area contributed by atoms with Crippen LogP contribution in [0.15, 0.2) is 36.4 Å². The molecule has 0 aliphatic carbocycles. The summed E-state index contributed by atoms with van der Waals surface area (Å²) in [6.45, 7) is 14.6. The normalized spacial score (nSPS) is 13.2. The highest BCUT2D eigenvalue weighted by Crippen LogP contribution is 2.40. The molecule has 0 aliphatic rings. The van der Waals surface area contributed by atoms with Crippen molar-refractivity contribution in [3.63, 3.8) is 0 Å². The molecule has 0 saturated carbocycles. The van der Waals surface area contributed by atoms with E-state index in [1.165, 1.54) is 5.56 Å². The number of carbonyl (C=O) groups excluding carboxylic acids is 2. The van der Waals surface area contributed by atoms with Crippen LogP contribution in [0.2, 0.25) is 5.02 Å². The Morgan fingerprint density at radius 2 is 1.59 bits per heavy atom. The summed E-state index contributed by atoms with van der Waals surface area (Å²) < 4.78 is 11.2. The largest absolute Gasteiger partial charge is 0.466 e. The summed E-state index contributed by atoms with van der Waals surface area (Å²) >= 11 is 6.07. The Balaban J connectivity index is 2.51. The lowest BCUT2D eigenvalue weighted by Gasteiger charge is -2.24. The Morgan fingerprint density at radius 1 is 0.938 bits per heavy atom. The van der Waals surface area contributed by atoms with E-state index >= 15 is 0 Å². The molecule has 0 amide bonds. The van der Waals surface area contributed by atoms with Gasteiger partial charge in [-0.1, -0.05) is 71.3 Å². The van der Waals surface area contributed by atoms with Crippen molar-refractivity contribution in [1.29, 1.82) is 0 Å². The Kier molecular flexibility index (Phi) is 9.33. The smallest absolute Gasteiger partial charge is 0.343 e. The summed E-state index contributed by atoms with van der Waals surface area (Å²) in [7, 11) is 0. The molecule has 32 heavy (non-hydrogen) atoms. The molecule has 0 heterocycles. The van der Waals surface area contributed by atoms with E-state index in [9.17, 15) is 9.59 Å². The summed E-state index contributed by atoms with van der Waals surface area (Å²) in [5, 5.41) is 0.482. The van der Waals surface area contributed by atoms with Gasteiger partial charge in [0.1, 0.15) is 5.75 Å². The van der Waals surface area contributed by atoms with Crippen LogP contribution in [0, 0.1) is 5.92 Å². The van der Waals surface area contributed by atoms with Crippen LogP contribution < -0.4 is 4.74 Å². The lowest BCUT2D eigenvalue weighted by molar-refractivity contribution is -0.147. The van der Waals surface area contributed by atoms with Gasteiger partial charge >= 0.3 is 11.9 Å². The van der Waals surface area contributed by atoms with E-state index in [0.717, 1.165) is 11.1 Å². The zero-order valence-electron chi connectivity index (χ0n) is 20.2. The predicted octanol–water partition coefficient (Wildman–Crippen LogP) is 7.50. The summed E-state index contributed by atoms with van der Waals surface area (Å²) in [5.41, 5.74) is 3.50. The number of rotatable bonds is 9. The fourth-order valence-electron chi connectivity index (χ4n) is 3.75. The zero-order chi connectivity index (χ0) is 24.0. The SMILES string of the molecule is CCOC(=O)C(C)CC(C)c1cc(C(C)C)cc(C(C)C)c1OC(=O)c1cccc(Cl)c1. The van der Waals surface area contributed by atoms with Gasteiger partial charge in [0.2, 0.25) is 0 Å². The van der Waals surface area contributed by atoms with Crippen molar-refractivity contribution in [2.45, 2.75) is 72.6 Å². The van der Waals surface area contributed by atoms with Gasteiger partial charge in [-0.2, -0.15) is 0 Å². The Hall–Kier alpha value is -2.33. The fraction of sp³-hybridized carbons (Fsp3) is 0.481. The minimum absolute atomic E-state index is 0.00670. The predicted molar refractivity (Wildman–Crippen MR) is 130 cm³/mol. The van der Waals surface area contributed by atoms with Gasteiger partial charge in [0.15, 0.2) is 0 Å². The van der Waals surface area contributed by atoms with Crippen LogP contribution in [0.25, 0.3) is 0 Å². The molecule has 0 aromatic heterocycles. The van der Waals surface area contributed by atoms with Crippen LogP contribution in [-0.2, 0) is 9.53 Å². The molecule has 2 aromatic rings. The molecule has 174 valence electrons. The monoisotopic (exact) mass is 458 g/mol. The zero-order valence-corrected chi connectivity index (χ0v) is 21.0. The first-order valence-corrected chi connectivity index (χ1v) is 11.7. The standard InChI is InChI=1S/C27H35ClO4/c1-8-31-26(29)19(7)12-18(6)24-15-21(16(2)3)14-23(17(4)5)25(24)32-27(30)20-10-9-11-22(28)13-20/h9-11,13-19H,8,12H2,1-7H3. The van der Waals surface area contributed by atoms with E-state index in [1.807, 2.05) is 13.8 Å². The van der Waals surface area contributed by atoms with Crippen molar-refractivity contribution in [3.8, 4) is 5.75 Å². The molecule has 0 spiro atoms. The second-order valence-corrected chi connectivity index (χ2v) is 9.46. The van der Waals surface area contributed by atoms with E-state index in [-0.39, 0.29) is 23.7 Å². The molecule has 2 atom stereocenters. The van der Waals surface area contributed by atoms with Gasteiger partial charge in [-0.05, 0) is 66.0 Å². The van der Waals surface area contributed by atoms with Gasteiger partial charge in [0, 0.05) is 5.02 Å². The number of halogens is 1. The number of benzene rings is 2. The second-order valence-electron chi connectivity index (χ2n) is 9.03. The van der Waals surface area contributed by atoms with Crippen LogP contribution in [-0.4, -0.2) is 18.5 Å². The Labute approximate surface area is 197 Å². The average Bonchev–Trinajstić information content (AvgIpc) is 2.73. The molecule has 0 saturated heterocycles. The summed E-state index contributed by atoms with van der Waals surface area (Å²) in [5.74, 6) is 0.139. The summed E-state index contributed by atoms with van der Waals surface area (Å²) in [6.07, 6.45) is 0.597. The third kappa shape index (κ3) is 6.59. The lowest BCUT2D eigenvalue weighted by atomic mass is 9.84. The summed E-state index contributed by atoms with van der Waals surface area (Å²) in [4.78, 5) is 25.2. The molecule has 0 aliphatic heterocycles. The van der Waals surface area contributed by atoms with Gasteiger partial charge in [-0.25, -0.2) is 4.79 Å². The van der Waals surface area contributed by atoms with Crippen molar-refractivity contribution in [1.82, 2.24) is 0 Å². The van der Waals surface area contributed by atoms with Gasteiger partial charge < -0.3 is 9.47 Å². The van der Waals surface area contributed by atoms with Crippen molar-refractivity contribution >= 4 is 23.5 Å². The van der Waals surface area contributed by atoms with Crippen LogP contribution in [0.1, 0.15) is 99.7 Å². The molecule has 0 radical (unpaired) electrons. The molecular formula is C27H35ClO4. The van der Waals surface area contributed by atoms with Gasteiger partial charge in [0.25, 0.3) is 0 Å².